The number of carbonyl (C=O) groups excluding carboxylic acids is 1. The summed E-state index contributed by atoms with van der Waals surface area (Å²) in [6.45, 7) is 7.54. The topological polar surface area (TPSA) is 35.5 Å². The standard InChI is InChI=1S/C13H24O3/c1-11-6-4-7-13(2,3)16-9-5-8-15-12(14)10-11/h11H,4-10H2,1-3H3. The van der Waals surface area contributed by atoms with Gasteiger partial charge in [0.2, 0.25) is 0 Å². The molecule has 1 saturated heterocycles. The fourth-order valence-electron chi connectivity index (χ4n) is 1.99. The number of esters is 1. The van der Waals surface area contributed by atoms with Crippen molar-refractivity contribution in [3.05, 3.63) is 0 Å². The van der Waals surface area contributed by atoms with Crippen LogP contribution in [0.3, 0.4) is 0 Å². The second-order valence-electron chi connectivity index (χ2n) is 5.38. The lowest BCUT2D eigenvalue weighted by Crippen LogP contribution is -2.26. The lowest BCUT2D eigenvalue weighted by molar-refractivity contribution is -0.145. The smallest absolute Gasteiger partial charge is 0.306 e. The quantitative estimate of drug-likeness (QED) is 0.598. The van der Waals surface area contributed by atoms with Gasteiger partial charge >= 0.3 is 5.97 Å². The lowest BCUT2D eigenvalue weighted by Gasteiger charge is -2.26. The Bertz CT molecular complexity index is 223. The molecule has 0 aromatic rings. The second-order valence-corrected chi connectivity index (χ2v) is 5.38. The van der Waals surface area contributed by atoms with E-state index in [1.807, 2.05) is 0 Å². The van der Waals surface area contributed by atoms with E-state index in [1.165, 1.54) is 0 Å². The van der Waals surface area contributed by atoms with Crippen molar-refractivity contribution in [3.63, 3.8) is 0 Å². The van der Waals surface area contributed by atoms with Crippen LogP contribution in [-0.2, 0) is 14.3 Å². The average Bonchev–Trinajstić information content (AvgIpc) is 2.14. The van der Waals surface area contributed by atoms with E-state index in [-0.39, 0.29) is 11.6 Å². The van der Waals surface area contributed by atoms with E-state index in [0.29, 0.717) is 25.6 Å². The van der Waals surface area contributed by atoms with Crippen LogP contribution in [0.4, 0.5) is 0 Å². The molecule has 1 aliphatic rings. The van der Waals surface area contributed by atoms with Crippen LogP contribution in [0.2, 0.25) is 0 Å². The number of cyclic esters (lactones) is 1. The molecule has 0 spiro atoms. The Morgan fingerprint density at radius 3 is 2.75 bits per heavy atom. The third kappa shape index (κ3) is 5.50. The molecule has 0 N–H and O–H groups in total. The van der Waals surface area contributed by atoms with Gasteiger partial charge < -0.3 is 9.47 Å². The monoisotopic (exact) mass is 228 g/mol. The van der Waals surface area contributed by atoms with Crippen molar-refractivity contribution in [1.29, 1.82) is 0 Å². The van der Waals surface area contributed by atoms with Crippen LogP contribution in [0, 0.1) is 5.92 Å². The minimum Gasteiger partial charge on any atom is -0.466 e. The summed E-state index contributed by atoms with van der Waals surface area (Å²) in [7, 11) is 0. The molecule has 0 aromatic carbocycles. The summed E-state index contributed by atoms with van der Waals surface area (Å²) >= 11 is 0. The first kappa shape index (κ1) is 13.5. The fraction of sp³-hybridized carbons (Fsp3) is 0.923. The van der Waals surface area contributed by atoms with Gasteiger partial charge in [0.15, 0.2) is 0 Å². The third-order valence-electron chi connectivity index (χ3n) is 3.04. The maximum absolute atomic E-state index is 11.4. The molecule has 0 bridgehead atoms. The highest BCUT2D eigenvalue weighted by molar-refractivity contribution is 5.69. The lowest BCUT2D eigenvalue weighted by atomic mass is 9.95. The molecule has 16 heavy (non-hydrogen) atoms. The van der Waals surface area contributed by atoms with Gasteiger partial charge in [-0.1, -0.05) is 19.8 Å². The van der Waals surface area contributed by atoms with Gasteiger partial charge in [-0.2, -0.15) is 0 Å². The fourth-order valence-corrected chi connectivity index (χ4v) is 1.99. The molecule has 1 aliphatic heterocycles. The van der Waals surface area contributed by atoms with Gasteiger partial charge in [-0.3, -0.25) is 4.79 Å². The van der Waals surface area contributed by atoms with Gasteiger partial charge in [-0.05, 0) is 26.2 Å². The van der Waals surface area contributed by atoms with E-state index in [9.17, 15) is 4.79 Å². The summed E-state index contributed by atoms with van der Waals surface area (Å²) < 4.78 is 10.9. The highest BCUT2D eigenvalue weighted by atomic mass is 16.5. The van der Waals surface area contributed by atoms with E-state index < -0.39 is 0 Å². The van der Waals surface area contributed by atoms with Crippen molar-refractivity contribution in [3.8, 4) is 0 Å². The Hall–Kier alpha value is -0.570. The van der Waals surface area contributed by atoms with Crippen LogP contribution in [0.25, 0.3) is 0 Å². The molecule has 3 heteroatoms. The maximum Gasteiger partial charge on any atom is 0.306 e. The van der Waals surface area contributed by atoms with Crippen molar-refractivity contribution in [2.24, 2.45) is 5.92 Å². The average molecular weight is 228 g/mol. The first-order valence-electron chi connectivity index (χ1n) is 6.29. The predicted octanol–water partition coefficient (Wildman–Crippen LogP) is 2.93. The molecule has 1 fully saturated rings. The van der Waals surface area contributed by atoms with E-state index in [0.717, 1.165) is 25.7 Å². The first-order chi connectivity index (χ1) is 7.49. The van der Waals surface area contributed by atoms with E-state index >= 15 is 0 Å². The van der Waals surface area contributed by atoms with Crippen molar-refractivity contribution >= 4 is 5.97 Å². The van der Waals surface area contributed by atoms with Crippen LogP contribution in [0.5, 0.6) is 0 Å². The Balaban J connectivity index is 2.43. The normalized spacial score (nSPS) is 28.7. The van der Waals surface area contributed by atoms with Crippen LogP contribution in [-0.4, -0.2) is 24.8 Å². The summed E-state index contributed by atoms with van der Waals surface area (Å²) in [5.41, 5.74) is -0.0388. The number of hydrogen-bond acceptors (Lipinski definition) is 3. The molecule has 1 rings (SSSR count). The van der Waals surface area contributed by atoms with E-state index in [2.05, 4.69) is 20.8 Å². The molecule has 0 saturated carbocycles. The minimum absolute atomic E-state index is 0.0388. The van der Waals surface area contributed by atoms with Crippen LogP contribution < -0.4 is 0 Å². The zero-order chi connectivity index (χ0) is 12.0. The summed E-state index contributed by atoms with van der Waals surface area (Å²) in [5, 5.41) is 0. The van der Waals surface area contributed by atoms with Gasteiger partial charge in [0.25, 0.3) is 0 Å². The minimum atomic E-state index is -0.0627. The van der Waals surface area contributed by atoms with Crippen molar-refractivity contribution < 1.29 is 14.3 Å². The molecule has 0 aliphatic carbocycles. The summed E-state index contributed by atoms with van der Waals surface area (Å²) in [5.74, 6) is 0.357. The van der Waals surface area contributed by atoms with E-state index in [4.69, 9.17) is 9.47 Å². The Labute approximate surface area is 98.5 Å². The van der Waals surface area contributed by atoms with Gasteiger partial charge in [-0.15, -0.1) is 0 Å². The molecule has 1 heterocycles. The van der Waals surface area contributed by atoms with Gasteiger partial charge in [-0.25, -0.2) is 0 Å². The largest absolute Gasteiger partial charge is 0.466 e. The zero-order valence-electron chi connectivity index (χ0n) is 10.8. The molecule has 94 valence electrons. The van der Waals surface area contributed by atoms with Crippen LogP contribution >= 0.6 is 0 Å². The van der Waals surface area contributed by atoms with Crippen molar-refractivity contribution in [1.82, 2.24) is 0 Å². The third-order valence-corrected chi connectivity index (χ3v) is 3.04. The van der Waals surface area contributed by atoms with Gasteiger partial charge in [0.1, 0.15) is 0 Å². The Morgan fingerprint density at radius 2 is 2.00 bits per heavy atom. The molecule has 0 amide bonds. The first-order valence-corrected chi connectivity index (χ1v) is 6.29. The summed E-state index contributed by atoms with van der Waals surface area (Å²) in [6, 6.07) is 0. The van der Waals surface area contributed by atoms with Crippen molar-refractivity contribution in [2.75, 3.05) is 13.2 Å². The van der Waals surface area contributed by atoms with Crippen LogP contribution in [0.15, 0.2) is 0 Å². The zero-order valence-corrected chi connectivity index (χ0v) is 10.8. The predicted molar refractivity (Wildman–Crippen MR) is 63.2 cm³/mol. The van der Waals surface area contributed by atoms with Gasteiger partial charge in [0, 0.05) is 12.8 Å². The SMILES string of the molecule is CC1CCCC(C)(C)OCCCOC(=O)C1. The molecular formula is C13H24O3. The van der Waals surface area contributed by atoms with Crippen molar-refractivity contribution in [2.45, 2.75) is 58.5 Å². The number of ether oxygens (including phenoxy) is 2. The molecule has 1 unspecified atom stereocenters. The number of carbonyl (C=O) groups is 1. The van der Waals surface area contributed by atoms with Crippen LogP contribution in [0.1, 0.15) is 52.9 Å². The number of rotatable bonds is 0. The molecular weight excluding hydrogens is 204 g/mol. The molecule has 1 atom stereocenters. The van der Waals surface area contributed by atoms with Gasteiger partial charge in [0.05, 0.1) is 18.8 Å². The maximum atomic E-state index is 11.4. The molecule has 0 radical (unpaired) electrons. The van der Waals surface area contributed by atoms with E-state index in [1.54, 1.807) is 0 Å². The Morgan fingerprint density at radius 1 is 1.25 bits per heavy atom. The molecule has 0 aromatic heterocycles. The summed E-state index contributed by atoms with van der Waals surface area (Å²) in [4.78, 5) is 11.4. The summed E-state index contributed by atoms with van der Waals surface area (Å²) in [6.07, 6.45) is 4.60. The number of hydrogen-bond donors (Lipinski definition) is 0. The second kappa shape index (κ2) is 6.24. The Kier molecular flexibility index (Phi) is 5.26. The molecule has 3 nitrogen and oxygen atoms in total. The highest BCUT2D eigenvalue weighted by Crippen LogP contribution is 2.22. The highest BCUT2D eigenvalue weighted by Gasteiger charge is 2.20.